The van der Waals surface area contributed by atoms with E-state index in [1.54, 1.807) is 12.1 Å². The Labute approximate surface area is 160 Å². The topological polar surface area (TPSA) is 67.9 Å². The molecule has 1 N–H and O–H groups in total. The molecule has 0 atom stereocenters. The summed E-state index contributed by atoms with van der Waals surface area (Å²) in [7, 11) is 1.87. The standard InChI is InChI=1S/C19H19BrN2O4/c1-12(23)14-7-17-18(26-11-25-17)8-16(14)21-19(24)10-22(2)9-13-5-3-4-6-15(13)20/h3-8H,9-11H2,1-2H3,(H,21,24). The third kappa shape index (κ3) is 4.23. The van der Waals surface area contributed by atoms with Gasteiger partial charge in [-0.3, -0.25) is 14.5 Å². The summed E-state index contributed by atoms with van der Waals surface area (Å²) in [6, 6.07) is 11.1. The van der Waals surface area contributed by atoms with Gasteiger partial charge in [-0.25, -0.2) is 0 Å². The molecule has 0 radical (unpaired) electrons. The smallest absolute Gasteiger partial charge is 0.238 e. The van der Waals surface area contributed by atoms with Crippen LogP contribution in [0.5, 0.6) is 11.5 Å². The van der Waals surface area contributed by atoms with Gasteiger partial charge in [0.1, 0.15) is 0 Å². The maximum atomic E-state index is 12.4. The number of rotatable bonds is 6. The van der Waals surface area contributed by atoms with Crippen LogP contribution in [0.3, 0.4) is 0 Å². The van der Waals surface area contributed by atoms with Crippen LogP contribution in [0.2, 0.25) is 0 Å². The number of Topliss-reactive ketones (excluding diaryl/α,β-unsaturated/α-hetero) is 1. The minimum absolute atomic E-state index is 0.110. The van der Waals surface area contributed by atoms with Crippen LogP contribution in [-0.2, 0) is 11.3 Å². The van der Waals surface area contributed by atoms with E-state index in [4.69, 9.17) is 9.47 Å². The molecule has 0 bridgehead atoms. The van der Waals surface area contributed by atoms with Crippen LogP contribution < -0.4 is 14.8 Å². The minimum atomic E-state index is -0.207. The Balaban J connectivity index is 1.68. The average Bonchev–Trinajstić information content (AvgIpc) is 3.03. The number of carbonyl (C=O) groups excluding carboxylic acids is 2. The number of nitrogens with zero attached hydrogens (tertiary/aromatic N) is 1. The summed E-state index contributed by atoms with van der Waals surface area (Å²) >= 11 is 3.51. The number of ketones is 1. The van der Waals surface area contributed by atoms with Crippen LogP contribution in [0, 0.1) is 0 Å². The Kier molecular flexibility index (Phi) is 5.58. The minimum Gasteiger partial charge on any atom is -0.454 e. The highest BCUT2D eigenvalue weighted by molar-refractivity contribution is 9.10. The Morgan fingerprint density at radius 2 is 1.88 bits per heavy atom. The van der Waals surface area contributed by atoms with Crippen molar-refractivity contribution < 1.29 is 19.1 Å². The maximum absolute atomic E-state index is 12.4. The summed E-state index contributed by atoms with van der Waals surface area (Å²) in [4.78, 5) is 26.2. The lowest BCUT2D eigenvalue weighted by Gasteiger charge is -2.18. The molecule has 1 amide bonds. The maximum Gasteiger partial charge on any atom is 0.238 e. The first kappa shape index (κ1) is 18.4. The summed E-state index contributed by atoms with van der Waals surface area (Å²) in [6.45, 7) is 2.37. The number of likely N-dealkylation sites (N-methyl/N-ethyl adjacent to an activating group) is 1. The Morgan fingerprint density at radius 1 is 1.19 bits per heavy atom. The molecule has 1 aliphatic heterocycles. The van der Waals surface area contributed by atoms with Crippen molar-refractivity contribution in [2.75, 3.05) is 25.7 Å². The molecule has 1 heterocycles. The first-order valence-electron chi connectivity index (χ1n) is 8.10. The van der Waals surface area contributed by atoms with Gasteiger partial charge in [0.05, 0.1) is 12.2 Å². The van der Waals surface area contributed by atoms with E-state index in [1.807, 2.05) is 36.2 Å². The van der Waals surface area contributed by atoms with Gasteiger partial charge in [-0.15, -0.1) is 0 Å². The second-order valence-electron chi connectivity index (χ2n) is 6.12. The molecule has 0 unspecified atom stereocenters. The molecule has 0 saturated carbocycles. The lowest BCUT2D eigenvalue weighted by atomic mass is 10.1. The van der Waals surface area contributed by atoms with Gasteiger partial charge in [-0.05, 0) is 31.7 Å². The molecule has 26 heavy (non-hydrogen) atoms. The highest BCUT2D eigenvalue weighted by Crippen LogP contribution is 2.37. The van der Waals surface area contributed by atoms with Crippen molar-refractivity contribution in [3.8, 4) is 11.5 Å². The Bertz CT molecular complexity index is 853. The molecule has 1 aliphatic rings. The molecule has 0 aliphatic carbocycles. The molecule has 0 saturated heterocycles. The van der Waals surface area contributed by atoms with Crippen LogP contribution in [0.25, 0.3) is 0 Å². The first-order chi connectivity index (χ1) is 12.4. The molecule has 7 heteroatoms. The number of ether oxygens (including phenoxy) is 2. The number of nitrogens with one attached hydrogen (secondary N) is 1. The fourth-order valence-electron chi connectivity index (χ4n) is 2.74. The van der Waals surface area contributed by atoms with E-state index >= 15 is 0 Å². The van der Waals surface area contributed by atoms with Gasteiger partial charge in [0.25, 0.3) is 0 Å². The predicted molar refractivity (Wildman–Crippen MR) is 102 cm³/mol. The number of hydrogen-bond acceptors (Lipinski definition) is 5. The number of halogens is 1. The van der Waals surface area contributed by atoms with Crippen LogP contribution >= 0.6 is 15.9 Å². The quantitative estimate of drug-likeness (QED) is 0.727. The first-order valence-corrected chi connectivity index (χ1v) is 8.89. The second-order valence-corrected chi connectivity index (χ2v) is 6.97. The highest BCUT2D eigenvalue weighted by atomic mass is 79.9. The summed E-state index contributed by atoms with van der Waals surface area (Å²) in [5, 5.41) is 2.80. The monoisotopic (exact) mass is 418 g/mol. The summed E-state index contributed by atoms with van der Waals surface area (Å²) in [5.41, 5.74) is 1.92. The number of hydrogen-bond donors (Lipinski definition) is 1. The zero-order chi connectivity index (χ0) is 18.7. The van der Waals surface area contributed by atoms with Crippen molar-refractivity contribution in [1.29, 1.82) is 0 Å². The van der Waals surface area contributed by atoms with E-state index < -0.39 is 0 Å². The normalized spacial score (nSPS) is 12.3. The van der Waals surface area contributed by atoms with Crippen LogP contribution in [0.1, 0.15) is 22.8 Å². The van der Waals surface area contributed by atoms with Crippen LogP contribution in [0.15, 0.2) is 40.9 Å². The SMILES string of the molecule is CC(=O)c1cc2c(cc1NC(=O)CN(C)Cc1ccccc1Br)OCO2. The number of anilines is 1. The van der Waals surface area contributed by atoms with Crippen molar-refractivity contribution >= 4 is 33.3 Å². The van der Waals surface area contributed by atoms with Crippen LogP contribution in [-0.4, -0.2) is 37.0 Å². The van der Waals surface area contributed by atoms with Crippen molar-refractivity contribution in [2.24, 2.45) is 0 Å². The van der Waals surface area contributed by atoms with E-state index in [-0.39, 0.29) is 25.0 Å². The molecule has 0 spiro atoms. The number of benzene rings is 2. The predicted octanol–water partition coefficient (Wildman–Crippen LogP) is 3.45. The summed E-state index contributed by atoms with van der Waals surface area (Å²) < 4.78 is 11.6. The average molecular weight is 419 g/mol. The molecule has 136 valence electrons. The van der Waals surface area contributed by atoms with Crippen molar-refractivity contribution in [3.63, 3.8) is 0 Å². The van der Waals surface area contributed by atoms with Gasteiger partial charge < -0.3 is 14.8 Å². The number of amides is 1. The number of fused-ring (bicyclic) bond motifs is 1. The molecule has 2 aromatic rings. The largest absolute Gasteiger partial charge is 0.454 e. The van der Waals surface area contributed by atoms with Crippen LogP contribution in [0.4, 0.5) is 5.69 Å². The zero-order valence-electron chi connectivity index (χ0n) is 14.5. The van der Waals surface area contributed by atoms with Gasteiger partial charge in [0, 0.05) is 22.6 Å². The molecule has 0 fully saturated rings. The third-order valence-corrected chi connectivity index (χ3v) is 4.75. The second kappa shape index (κ2) is 7.88. The van der Waals surface area contributed by atoms with Gasteiger partial charge in [-0.1, -0.05) is 34.1 Å². The van der Waals surface area contributed by atoms with E-state index in [2.05, 4.69) is 21.2 Å². The van der Waals surface area contributed by atoms with E-state index in [0.29, 0.717) is 29.3 Å². The van der Waals surface area contributed by atoms with E-state index in [1.165, 1.54) is 6.92 Å². The molecular weight excluding hydrogens is 400 g/mol. The summed E-state index contributed by atoms with van der Waals surface area (Å²) in [6.07, 6.45) is 0. The molecule has 2 aromatic carbocycles. The van der Waals surface area contributed by atoms with E-state index in [9.17, 15) is 9.59 Å². The molecule has 3 rings (SSSR count). The van der Waals surface area contributed by atoms with Gasteiger partial charge in [-0.2, -0.15) is 0 Å². The van der Waals surface area contributed by atoms with Crippen molar-refractivity contribution in [2.45, 2.75) is 13.5 Å². The van der Waals surface area contributed by atoms with Gasteiger partial charge in [0.2, 0.25) is 12.7 Å². The van der Waals surface area contributed by atoms with Crippen molar-refractivity contribution in [3.05, 3.63) is 52.0 Å². The molecule has 0 aromatic heterocycles. The Hall–Kier alpha value is -2.38. The lowest BCUT2D eigenvalue weighted by molar-refractivity contribution is -0.117. The van der Waals surface area contributed by atoms with Crippen molar-refractivity contribution in [1.82, 2.24) is 4.90 Å². The molecule has 6 nitrogen and oxygen atoms in total. The summed E-state index contributed by atoms with van der Waals surface area (Å²) in [5.74, 6) is 0.673. The van der Waals surface area contributed by atoms with Gasteiger partial charge >= 0.3 is 0 Å². The fourth-order valence-corrected chi connectivity index (χ4v) is 3.16. The Morgan fingerprint density at radius 3 is 2.58 bits per heavy atom. The fraction of sp³-hybridized carbons (Fsp3) is 0.263. The third-order valence-electron chi connectivity index (χ3n) is 3.98. The van der Waals surface area contributed by atoms with E-state index in [0.717, 1.165) is 10.0 Å². The van der Waals surface area contributed by atoms with Gasteiger partial charge in [0.15, 0.2) is 17.3 Å². The number of carbonyl (C=O) groups is 2. The molecular formula is C19H19BrN2O4. The zero-order valence-corrected chi connectivity index (χ0v) is 16.1. The lowest BCUT2D eigenvalue weighted by Crippen LogP contribution is -2.30. The highest BCUT2D eigenvalue weighted by Gasteiger charge is 2.20.